The Bertz CT molecular complexity index is 3830. The van der Waals surface area contributed by atoms with Gasteiger partial charge in [0.2, 0.25) is 0 Å². The van der Waals surface area contributed by atoms with Gasteiger partial charge < -0.3 is 9.80 Å². The van der Waals surface area contributed by atoms with Gasteiger partial charge in [-0.25, -0.2) is 0 Å². The van der Waals surface area contributed by atoms with Crippen molar-refractivity contribution in [3.05, 3.63) is 275 Å². The van der Waals surface area contributed by atoms with Crippen molar-refractivity contribution in [3.63, 3.8) is 0 Å². The molecule has 2 heteroatoms. The van der Waals surface area contributed by atoms with Crippen LogP contribution in [0.5, 0.6) is 0 Å². The molecule has 0 amide bonds. The lowest BCUT2D eigenvalue weighted by atomic mass is 9.70. The monoisotopic (exact) mass is 1010 g/mol. The molecule has 1 atom stereocenters. The Kier molecular flexibility index (Phi) is 11.2. The second kappa shape index (κ2) is 17.7. The Labute approximate surface area is 463 Å². The van der Waals surface area contributed by atoms with E-state index >= 15 is 0 Å². The van der Waals surface area contributed by atoms with Gasteiger partial charge in [0.05, 0.1) is 0 Å². The standard InChI is InChI=1S/C76H70N2/c1-72(2,3)70-47-63-62-43-49(35-40-66(62)76(11,51-25-15-12-16-26-51)69(63)48-71(70)73(4,5)6)50-41-56(77(52-27-17-13-18-28-52)54-36-38-60-58-31-21-23-33-64(58)74(7,8)67(60)45-54)44-57(42-50)78(53-29-19-14-20-30-53)55-37-39-61-59-32-22-24-34-65(59)75(9,10)68(61)46-55/h12-48H,1-11H3. The third-order valence-electron chi connectivity index (χ3n) is 17.9. The molecule has 0 radical (unpaired) electrons. The van der Waals surface area contributed by atoms with Crippen molar-refractivity contribution < 1.29 is 0 Å². The summed E-state index contributed by atoms with van der Waals surface area (Å²) in [4.78, 5) is 4.97. The van der Waals surface area contributed by atoms with Crippen LogP contribution in [-0.2, 0) is 27.1 Å². The minimum atomic E-state index is -0.357. The van der Waals surface area contributed by atoms with Crippen LogP contribution in [-0.4, -0.2) is 0 Å². The number of hydrogen-bond donors (Lipinski definition) is 0. The highest BCUT2D eigenvalue weighted by Crippen LogP contribution is 2.57. The Morgan fingerprint density at radius 1 is 0.269 bits per heavy atom. The molecule has 2 nitrogen and oxygen atoms in total. The first-order valence-electron chi connectivity index (χ1n) is 28.1. The third kappa shape index (κ3) is 7.66. The highest BCUT2D eigenvalue weighted by molar-refractivity contribution is 5.93. The van der Waals surface area contributed by atoms with E-state index in [-0.39, 0.29) is 27.1 Å². The highest BCUT2D eigenvalue weighted by Gasteiger charge is 2.44. The maximum Gasteiger partial charge on any atom is 0.0488 e. The maximum atomic E-state index is 2.57. The molecule has 10 aromatic carbocycles. The Morgan fingerprint density at radius 3 is 1.18 bits per heavy atom. The van der Waals surface area contributed by atoms with Crippen LogP contribution >= 0.6 is 0 Å². The van der Waals surface area contributed by atoms with Gasteiger partial charge in [-0.3, -0.25) is 0 Å². The van der Waals surface area contributed by atoms with Crippen molar-refractivity contribution in [1.82, 2.24) is 0 Å². The minimum Gasteiger partial charge on any atom is -0.310 e. The highest BCUT2D eigenvalue weighted by atomic mass is 15.2. The summed E-state index contributed by atoms with van der Waals surface area (Å²) in [6.07, 6.45) is 0. The summed E-state index contributed by atoms with van der Waals surface area (Å²) in [6.45, 7) is 26.2. The van der Waals surface area contributed by atoms with Gasteiger partial charge in [-0.1, -0.05) is 215 Å². The van der Waals surface area contributed by atoms with Gasteiger partial charge in [0.15, 0.2) is 0 Å². The summed E-state index contributed by atoms with van der Waals surface area (Å²) in [5.41, 5.74) is 28.3. The molecule has 0 heterocycles. The van der Waals surface area contributed by atoms with E-state index in [0.29, 0.717) is 0 Å². The van der Waals surface area contributed by atoms with Crippen LogP contribution in [0.2, 0.25) is 0 Å². The average molecular weight is 1010 g/mol. The van der Waals surface area contributed by atoms with Crippen LogP contribution in [0.25, 0.3) is 44.5 Å². The van der Waals surface area contributed by atoms with Crippen LogP contribution in [0, 0.1) is 0 Å². The number of rotatable bonds is 8. The number of anilines is 6. The van der Waals surface area contributed by atoms with E-state index in [1.54, 1.807) is 0 Å². The predicted molar refractivity (Wildman–Crippen MR) is 331 cm³/mol. The zero-order chi connectivity index (χ0) is 54.1. The molecular formula is C76H70N2. The van der Waals surface area contributed by atoms with Crippen molar-refractivity contribution in [2.24, 2.45) is 0 Å². The molecular weight excluding hydrogens is 941 g/mol. The maximum absolute atomic E-state index is 2.57. The zero-order valence-electron chi connectivity index (χ0n) is 47.3. The fourth-order valence-corrected chi connectivity index (χ4v) is 13.8. The summed E-state index contributed by atoms with van der Waals surface area (Å²) in [5, 5.41) is 0. The molecule has 0 saturated carbocycles. The second-order valence-corrected chi connectivity index (χ2v) is 25.6. The molecule has 0 aromatic heterocycles. The van der Waals surface area contributed by atoms with E-state index in [1.807, 2.05) is 0 Å². The molecule has 0 fully saturated rings. The molecule has 0 aliphatic heterocycles. The first kappa shape index (κ1) is 49.4. The number of hydrogen-bond acceptors (Lipinski definition) is 2. The summed E-state index contributed by atoms with van der Waals surface area (Å²) < 4.78 is 0. The average Bonchev–Trinajstić information content (AvgIpc) is 4.18. The molecule has 10 aromatic rings. The lowest BCUT2D eigenvalue weighted by molar-refractivity contribution is 0.528. The molecule has 0 bridgehead atoms. The van der Waals surface area contributed by atoms with E-state index < -0.39 is 0 Å². The van der Waals surface area contributed by atoms with E-state index in [9.17, 15) is 0 Å². The molecule has 0 spiro atoms. The molecule has 0 N–H and O–H groups in total. The van der Waals surface area contributed by atoms with Crippen LogP contribution in [0.1, 0.15) is 126 Å². The topological polar surface area (TPSA) is 6.48 Å². The predicted octanol–water partition coefficient (Wildman–Crippen LogP) is 20.8. The fraction of sp³-hybridized carbons (Fsp3) is 0.211. The van der Waals surface area contributed by atoms with Gasteiger partial charge in [0, 0.05) is 50.4 Å². The van der Waals surface area contributed by atoms with E-state index in [0.717, 1.165) is 39.7 Å². The first-order chi connectivity index (χ1) is 37.3. The molecule has 1 unspecified atom stereocenters. The van der Waals surface area contributed by atoms with Gasteiger partial charge in [0.25, 0.3) is 0 Å². The van der Waals surface area contributed by atoms with Crippen LogP contribution in [0.15, 0.2) is 224 Å². The Morgan fingerprint density at radius 2 is 0.692 bits per heavy atom. The third-order valence-corrected chi connectivity index (χ3v) is 17.9. The quantitative estimate of drug-likeness (QED) is 0.150. The van der Waals surface area contributed by atoms with Crippen molar-refractivity contribution in [1.29, 1.82) is 0 Å². The summed E-state index contributed by atoms with van der Waals surface area (Å²) in [7, 11) is 0. The second-order valence-electron chi connectivity index (χ2n) is 25.6. The van der Waals surface area contributed by atoms with Gasteiger partial charge in [-0.2, -0.15) is 0 Å². The largest absolute Gasteiger partial charge is 0.310 e. The fourth-order valence-electron chi connectivity index (χ4n) is 13.8. The normalized spacial score (nSPS) is 16.1. The molecule has 78 heavy (non-hydrogen) atoms. The lowest BCUT2D eigenvalue weighted by Gasteiger charge is -2.34. The van der Waals surface area contributed by atoms with Crippen LogP contribution < -0.4 is 9.80 Å². The number of para-hydroxylation sites is 2. The number of fused-ring (bicyclic) bond motifs is 9. The summed E-state index contributed by atoms with van der Waals surface area (Å²) in [6, 6.07) is 85.1. The van der Waals surface area contributed by atoms with Gasteiger partial charge in [-0.15, -0.1) is 0 Å². The minimum absolute atomic E-state index is 0.0433. The molecule has 3 aliphatic carbocycles. The summed E-state index contributed by atoms with van der Waals surface area (Å²) in [5.74, 6) is 0. The van der Waals surface area contributed by atoms with Crippen molar-refractivity contribution in [3.8, 4) is 44.5 Å². The number of benzene rings is 10. The van der Waals surface area contributed by atoms with Gasteiger partial charge >= 0.3 is 0 Å². The molecule has 3 aliphatic rings. The number of nitrogens with zero attached hydrogens (tertiary/aromatic N) is 2. The van der Waals surface area contributed by atoms with E-state index in [4.69, 9.17) is 0 Å². The van der Waals surface area contributed by atoms with Crippen molar-refractivity contribution in [2.75, 3.05) is 9.80 Å². The smallest absolute Gasteiger partial charge is 0.0488 e. The Hall–Kier alpha value is -8.20. The SMILES string of the molecule is CC(C)(C)c1cc2c(cc1C(C)(C)C)C(C)(c1ccccc1)c1ccc(-c3cc(N(c4ccccc4)c4ccc5c(c4)C(C)(C)c4ccccc4-5)cc(N(c4ccccc4)c4ccc5c(c4)C(C)(C)c4ccccc4-5)c3)cc1-2. The van der Waals surface area contributed by atoms with Gasteiger partial charge in [-0.05, 0) is 191 Å². The van der Waals surface area contributed by atoms with Crippen LogP contribution in [0.4, 0.5) is 34.1 Å². The van der Waals surface area contributed by atoms with E-state index in [1.165, 1.54) is 89.0 Å². The lowest BCUT2D eigenvalue weighted by Crippen LogP contribution is -2.26. The molecule has 0 saturated heterocycles. The summed E-state index contributed by atoms with van der Waals surface area (Å²) >= 11 is 0. The molecule has 384 valence electrons. The Balaban J connectivity index is 1.07. The first-order valence-corrected chi connectivity index (χ1v) is 28.1. The van der Waals surface area contributed by atoms with Crippen molar-refractivity contribution >= 4 is 34.1 Å². The van der Waals surface area contributed by atoms with Crippen molar-refractivity contribution in [2.45, 2.75) is 103 Å². The molecule has 13 rings (SSSR count). The zero-order valence-corrected chi connectivity index (χ0v) is 47.3. The van der Waals surface area contributed by atoms with Gasteiger partial charge in [0.1, 0.15) is 0 Å². The van der Waals surface area contributed by atoms with E-state index in [2.05, 4.69) is 310 Å². The van der Waals surface area contributed by atoms with Crippen LogP contribution in [0.3, 0.4) is 0 Å².